The maximum absolute atomic E-state index is 11.7. The van der Waals surface area contributed by atoms with Crippen LogP contribution in [0.3, 0.4) is 0 Å². The van der Waals surface area contributed by atoms with E-state index in [-0.39, 0.29) is 6.10 Å². The van der Waals surface area contributed by atoms with Gasteiger partial charge in [0.25, 0.3) is 0 Å². The van der Waals surface area contributed by atoms with E-state index in [1.807, 2.05) is 26.0 Å². The number of carbonyl (C=O) groups excluding carboxylic acids is 1. The number of methoxy groups -OCH3 is 1. The summed E-state index contributed by atoms with van der Waals surface area (Å²) in [5.74, 6) is 1.03. The maximum Gasteiger partial charge on any atom is 0.354 e. The zero-order valence-corrected chi connectivity index (χ0v) is 13.6. The molecule has 0 atom stereocenters. The Morgan fingerprint density at radius 2 is 2.05 bits per heavy atom. The van der Waals surface area contributed by atoms with E-state index < -0.39 is 5.97 Å². The van der Waals surface area contributed by atoms with Gasteiger partial charge < -0.3 is 19.2 Å². The van der Waals surface area contributed by atoms with E-state index in [9.17, 15) is 4.79 Å². The Balaban J connectivity index is 2.40. The summed E-state index contributed by atoms with van der Waals surface area (Å²) >= 11 is 0. The monoisotopic (exact) mass is 305 g/mol. The molecule has 0 amide bonds. The number of fused-ring (bicyclic) bond motifs is 1. The van der Waals surface area contributed by atoms with Crippen LogP contribution in [0.25, 0.3) is 10.9 Å². The molecule has 0 saturated carbocycles. The number of hydrogen-bond acceptors (Lipinski definition) is 4. The van der Waals surface area contributed by atoms with Crippen LogP contribution in [0.5, 0.6) is 11.5 Å². The molecular formula is C17H23NO4. The van der Waals surface area contributed by atoms with Crippen molar-refractivity contribution in [3.8, 4) is 11.5 Å². The molecule has 1 aromatic heterocycles. The predicted octanol–water partition coefficient (Wildman–Crippen LogP) is 3.92. The van der Waals surface area contributed by atoms with Gasteiger partial charge in [-0.2, -0.15) is 0 Å². The van der Waals surface area contributed by atoms with Gasteiger partial charge in [-0.25, -0.2) is 4.79 Å². The standard InChI is InChI=1S/C17H23NO4/c1-5-6-7-21-12-8-14-13(16(9-12)22-11(2)3)10-15(18-14)17(19)20-4/h8-11,18H,5-7H2,1-4H3. The summed E-state index contributed by atoms with van der Waals surface area (Å²) < 4.78 is 16.4. The van der Waals surface area contributed by atoms with Gasteiger partial charge in [-0.15, -0.1) is 0 Å². The molecule has 0 spiro atoms. The van der Waals surface area contributed by atoms with Crippen LogP contribution in [0.4, 0.5) is 0 Å². The van der Waals surface area contributed by atoms with Gasteiger partial charge in [0.05, 0.1) is 25.3 Å². The molecule has 0 unspecified atom stereocenters. The predicted molar refractivity (Wildman–Crippen MR) is 85.8 cm³/mol. The van der Waals surface area contributed by atoms with Gasteiger partial charge >= 0.3 is 5.97 Å². The highest BCUT2D eigenvalue weighted by molar-refractivity contribution is 5.97. The number of aromatic amines is 1. The second-order valence-electron chi connectivity index (χ2n) is 5.43. The molecule has 1 N–H and O–H groups in total. The second kappa shape index (κ2) is 7.20. The molecule has 0 aliphatic heterocycles. The van der Waals surface area contributed by atoms with Crippen molar-refractivity contribution in [3.05, 3.63) is 23.9 Å². The van der Waals surface area contributed by atoms with E-state index in [2.05, 4.69) is 11.9 Å². The summed E-state index contributed by atoms with van der Waals surface area (Å²) in [4.78, 5) is 14.7. The fourth-order valence-corrected chi connectivity index (χ4v) is 2.17. The van der Waals surface area contributed by atoms with Crippen LogP contribution < -0.4 is 9.47 Å². The van der Waals surface area contributed by atoms with Crippen LogP contribution in [0.2, 0.25) is 0 Å². The van der Waals surface area contributed by atoms with E-state index in [1.54, 1.807) is 6.07 Å². The van der Waals surface area contributed by atoms with Crippen molar-refractivity contribution in [1.29, 1.82) is 0 Å². The van der Waals surface area contributed by atoms with Gasteiger partial charge in [-0.3, -0.25) is 0 Å². The Kier molecular flexibility index (Phi) is 5.31. The number of nitrogens with one attached hydrogen (secondary N) is 1. The number of H-pyrrole nitrogens is 1. The zero-order valence-electron chi connectivity index (χ0n) is 13.6. The largest absolute Gasteiger partial charge is 0.493 e. The van der Waals surface area contributed by atoms with Gasteiger partial charge in [0.2, 0.25) is 0 Å². The lowest BCUT2D eigenvalue weighted by molar-refractivity contribution is 0.0595. The van der Waals surface area contributed by atoms with Gasteiger partial charge in [0, 0.05) is 17.5 Å². The van der Waals surface area contributed by atoms with Crippen LogP contribution in [-0.4, -0.2) is 30.8 Å². The number of esters is 1. The number of aromatic nitrogens is 1. The highest BCUT2D eigenvalue weighted by Gasteiger charge is 2.15. The number of carbonyl (C=O) groups is 1. The molecule has 22 heavy (non-hydrogen) atoms. The van der Waals surface area contributed by atoms with E-state index in [1.165, 1.54) is 7.11 Å². The number of ether oxygens (including phenoxy) is 3. The third-order valence-corrected chi connectivity index (χ3v) is 3.21. The van der Waals surface area contributed by atoms with Gasteiger partial charge in [0.1, 0.15) is 17.2 Å². The number of rotatable bonds is 7. The van der Waals surface area contributed by atoms with Crippen molar-refractivity contribution in [3.63, 3.8) is 0 Å². The Morgan fingerprint density at radius 3 is 2.68 bits per heavy atom. The van der Waals surface area contributed by atoms with Crippen molar-refractivity contribution < 1.29 is 19.0 Å². The lowest BCUT2D eigenvalue weighted by Gasteiger charge is -2.13. The minimum atomic E-state index is -0.403. The fourth-order valence-electron chi connectivity index (χ4n) is 2.17. The number of hydrogen-bond donors (Lipinski definition) is 1. The molecular weight excluding hydrogens is 282 g/mol. The second-order valence-corrected chi connectivity index (χ2v) is 5.43. The Hall–Kier alpha value is -2.17. The highest BCUT2D eigenvalue weighted by Crippen LogP contribution is 2.33. The fraction of sp³-hybridized carbons (Fsp3) is 0.471. The number of unbranched alkanes of at least 4 members (excludes halogenated alkanes) is 1. The Morgan fingerprint density at radius 1 is 1.27 bits per heavy atom. The normalized spacial score (nSPS) is 11.0. The van der Waals surface area contributed by atoms with Crippen LogP contribution >= 0.6 is 0 Å². The summed E-state index contributed by atoms with van der Waals surface area (Å²) in [7, 11) is 1.36. The highest BCUT2D eigenvalue weighted by atomic mass is 16.5. The first-order chi connectivity index (χ1) is 10.5. The van der Waals surface area contributed by atoms with Crippen molar-refractivity contribution in [2.24, 2.45) is 0 Å². The quantitative estimate of drug-likeness (QED) is 0.622. The average Bonchev–Trinajstić information content (AvgIpc) is 2.90. The lowest BCUT2D eigenvalue weighted by atomic mass is 10.2. The summed E-state index contributed by atoms with van der Waals surface area (Å²) in [5.41, 5.74) is 1.20. The van der Waals surface area contributed by atoms with Crippen molar-refractivity contribution in [2.75, 3.05) is 13.7 Å². The van der Waals surface area contributed by atoms with Crippen LogP contribution in [0.15, 0.2) is 18.2 Å². The first kappa shape index (κ1) is 16.2. The molecule has 2 rings (SSSR count). The molecule has 2 aromatic rings. The summed E-state index contributed by atoms with van der Waals surface area (Å²) in [6.07, 6.45) is 2.11. The van der Waals surface area contributed by atoms with Gasteiger partial charge in [-0.1, -0.05) is 13.3 Å². The van der Waals surface area contributed by atoms with Crippen molar-refractivity contribution in [2.45, 2.75) is 39.7 Å². The Bertz CT molecular complexity index is 645. The summed E-state index contributed by atoms with van der Waals surface area (Å²) in [6.45, 7) is 6.70. The SMILES string of the molecule is CCCCOc1cc(OC(C)C)c2cc(C(=O)OC)[nH]c2c1. The van der Waals surface area contributed by atoms with Crippen molar-refractivity contribution in [1.82, 2.24) is 4.98 Å². The van der Waals surface area contributed by atoms with E-state index in [0.29, 0.717) is 18.1 Å². The van der Waals surface area contributed by atoms with Crippen LogP contribution in [0, 0.1) is 0 Å². The van der Waals surface area contributed by atoms with E-state index >= 15 is 0 Å². The molecule has 0 fully saturated rings. The number of benzene rings is 1. The molecule has 1 heterocycles. The lowest BCUT2D eigenvalue weighted by Crippen LogP contribution is -2.06. The van der Waals surface area contributed by atoms with Crippen LogP contribution in [0.1, 0.15) is 44.1 Å². The zero-order chi connectivity index (χ0) is 16.1. The average molecular weight is 305 g/mol. The molecule has 0 bridgehead atoms. The van der Waals surface area contributed by atoms with E-state index in [0.717, 1.165) is 29.5 Å². The molecule has 1 aromatic carbocycles. The summed E-state index contributed by atoms with van der Waals surface area (Å²) in [6, 6.07) is 5.49. The minimum Gasteiger partial charge on any atom is -0.493 e. The van der Waals surface area contributed by atoms with E-state index in [4.69, 9.17) is 14.2 Å². The topological polar surface area (TPSA) is 60.6 Å². The maximum atomic E-state index is 11.7. The third-order valence-electron chi connectivity index (χ3n) is 3.21. The molecule has 120 valence electrons. The molecule has 0 aliphatic carbocycles. The third kappa shape index (κ3) is 3.72. The van der Waals surface area contributed by atoms with Gasteiger partial charge in [-0.05, 0) is 26.3 Å². The first-order valence-corrected chi connectivity index (χ1v) is 7.59. The smallest absolute Gasteiger partial charge is 0.354 e. The first-order valence-electron chi connectivity index (χ1n) is 7.59. The molecule has 0 aliphatic rings. The minimum absolute atomic E-state index is 0.0329. The molecule has 0 radical (unpaired) electrons. The van der Waals surface area contributed by atoms with Crippen molar-refractivity contribution >= 4 is 16.9 Å². The Labute approximate surface area is 130 Å². The summed E-state index contributed by atoms with van der Waals surface area (Å²) in [5, 5.41) is 0.844. The van der Waals surface area contributed by atoms with Crippen LogP contribution in [-0.2, 0) is 4.74 Å². The molecule has 5 heteroatoms. The molecule has 5 nitrogen and oxygen atoms in total. The van der Waals surface area contributed by atoms with Gasteiger partial charge in [0.15, 0.2) is 0 Å². The molecule has 0 saturated heterocycles.